The molecular weight excluding hydrogens is 274 g/mol. The van der Waals surface area contributed by atoms with Crippen molar-refractivity contribution >= 4 is 14.1 Å². The summed E-state index contributed by atoms with van der Waals surface area (Å²) < 4.78 is 5.09. The fraction of sp³-hybridized carbons (Fsp3) is 0.278. The smallest absolute Gasteiger partial charge is 0.212 e. The van der Waals surface area contributed by atoms with Crippen molar-refractivity contribution in [2.24, 2.45) is 0 Å². The number of ether oxygens (including phenoxy) is 1. The maximum Gasteiger partial charge on any atom is 0.212 e. The molecule has 1 unspecified atom stereocenters. The van der Waals surface area contributed by atoms with Crippen LogP contribution in [0, 0.1) is 0 Å². The predicted octanol–water partition coefficient (Wildman–Crippen LogP) is 4.76. The molecule has 110 valence electrons. The molecule has 2 nitrogen and oxygen atoms in total. The number of methoxy groups -OCH3 is 1. The van der Waals surface area contributed by atoms with Crippen LogP contribution in [0.5, 0.6) is 5.88 Å². The van der Waals surface area contributed by atoms with Crippen molar-refractivity contribution < 1.29 is 4.74 Å². The van der Waals surface area contributed by atoms with Gasteiger partial charge in [-0.05, 0) is 22.7 Å². The Hall–Kier alpha value is -1.87. The summed E-state index contributed by atoms with van der Waals surface area (Å²) in [5.41, 5.74) is 3.00. The highest BCUT2D eigenvalue weighted by Gasteiger charge is 2.25. The van der Waals surface area contributed by atoms with Crippen molar-refractivity contribution in [2.75, 3.05) is 7.11 Å². The molecule has 0 spiro atoms. The van der Waals surface area contributed by atoms with Gasteiger partial charge in [-0.2, -0.15) is 0 Å². The molecule has 1 aromatic heterocycles. The van der Waals surface area contributed by atoms with Crippen molar-refractivity contribution in [2.45, 2.75) is 25.2 Å². The highest BCUT2D eigenvalue weighted by molar-refractivity contribution is 6.78. The summed E-state index contributed by atoms with van der Waals surface area (Å²) in [7, 11) is 0.302. The number of hydrogen-bond acceptors (Lipinski definition) is 2. The lowest BCUT2D eigenvalue weighted by Crippen LogP contribution is -2.29. The largest absolute Gasteiger partial charge is 0.481 e. The van der Waals surface area contributed by atoms with Crippen LogP contribution in [-0.2, 0) is 0 Å². The number of aromatic nitrogens is 1. The highest BCUT2D eigenvalue weighted by Crippen LogP contribution is 2.29. The molecule has 2 rings (SSSR count). The van der Waals surface area contributed by atoms with Crippen molar-refractivity contribution in [3.05, 3.63) is 65.9 Å². The molecule has 0 aliphatic carbocycles. The second-order valence-corrected chi connectivity index (χ2v) is 11.6. The first-order valence-electron chi connectivity index (χ1n) is 7.24. The first-order valence-corrected chi connectivity index (χ1v) is 10.8. The maximum atomic E-state index is 5.09. The van der Waals surface area contributed by atoms with Gasteiger partial charge in [-0.3, -0.25) is 0 Å². The van der Waals surface area contributed by atoms with Crippen LogP contribution >= 0.6 is 0 Å². The van der Waals surface area contributed by atoms with E-state index in [9.17, 15) is 0 Å². The van der Waals surface area contributed by atoms with Crippen molar-refractivity contribution in [1.29, 1.82) is 0 Å². The number of pyridine rings is 1. The van der Waals surface area contributed by atoms with Gasteiger partial charge in [-0.1, -0.05) is 62.1 Å². The van der Waals surface area contributed by atoms with E-state index >= 15 is 0 Å². The Balaban J connectivity index is 2.24. The van der Waals surface area contributed by atoms with Crippen LogP contribution in [0.15, 0.2) is 54.7 Å². The second-order valence-electron chi connectivity index (χ2n) is 6.25. The van der Waals surface area contributed by atoms with E-state index in [0.717, 1.165) is 5.56 Å². The Morgan fingerprint density at radius 1 is 1.05 bits per heavy atom. The Morgan fingerprint density at radius 3 is 2.29 bits per heavy atom. The molecule has 0 radical (unpaired) electrons. The van der Waals surface area contributed by atoms with Crippen LogP contribution in [0.25, 0.3) is 6.08 Å². The third kappa shape index (κ3) is 4.30. The molecule has 0 saturated heterocycles. The van der Waals surface area contributed by atoms with Crippen molar-refractivity contribution in [3.63, 3.8) is 0 Å². The normalized spacial score (nSPS) is 13.3. The summed E-state index contributed by atoms with van der Waals surface area (Å²) in [6, 6.07) is 14.7. The van der Waals surface area contributed by atoms with E-state index in [1.807, 2.05) is 18.3 Å². The summed E-state index contributed by atoms with van der Waals surface area (Å²) in [5, 5.41) is 0. The molecule has 3 heteroatoms. The predicted molar refractivity (Wildman–Crippen MR) is 92.4 cm³/mol. The molecule has 21 heavy (non-hydrogen) atoms. The monoisotopic (exact) mass is 297 g/mol. The van der Waals surface area contributed by atoms with E-state index in [1.165, 1.54) is 5.56 Å². The molecule has 0 bridgehead atoms. The first kappa shape index (κ1) is 15.5. The quantitative estimate of drug-likeness (QED) is 0.742. The summed E-state index contributed by atoms with van der Waals surface area (Å²) in [4.78, 5) is 4.25. The van der Waals surface area contributed by atoms with Crippen LogP contribution in [-0.4, -0.2) is 20.2 Å². The van der Waals surface area contributed by atoms with Gasteiger partial charge in [0, 0.05) is 12.3 Å². The fourth-order valence-corrected chi connectivity index (χ4v) is 4.24. The molecule has 0 fully saturated rings. The topological polar surface area (TPSA) is 22.1 Å². The zero-order valence-electron chi connectivity index (χ0n) is 13.2. The van der Waals surface area contributed by atoms with Crippen molar-refractivity contribution in [3.8, 4) is 5.88 Å². The zero-order valence-corrected chi connectivity index (χ0v) is 14.2. The third-order valence-corrected chi connectivity index (χ3v) is 5.93. The Labute approximate surface area is 128 Å². The highest BCUT2D eigenvalue weighted by atomic mass is 28.3. The Bertz CT molecular complexity index is 585. The maximum absolute atomic E-state index is 5.09. The number of rotatable bonds is 5. The van der Waals surface area contributed by atoms with E-state index in [0.29, 0.717) is 11.4 Å². The van der Waals surface area contributed by atoms with Gasteiger partial charge in [-0.25, -0.2) is 4.98 Å². The van der Waals surface area contributed by atoms with Crippen LogP contribution in [0.2, 0.25) is 19.6 Å². The molecule has 0 aliphatic heterocycles. The first-order chi connectivity index (χ1) is 10.0. The minimum Gasteiger partial charge on any atom is -0.481 e. The fourth-order valence-electron chi connectivity index (χ4n) is 2.38. The second kappa shape index (κ2) is 6.72. The average molecular weight is 297 g/mol. The zero-order chi connectivity index (χ0) is 15.3. The van der Waals surface area contributed by atoms with Gasteiger partial charge in [-0.15, -0.1) is 0 Å². The Kier molecular flexibility index (Phi) is 4.97. The van der Waals surface area contributed by atoms with Gasteiger partial charge >= 0.3 is 0 Å². The summed E-state index contributed by atoms with van der Waals surface area (Å²) in [6.45, 7) is 7.21. The van der Waals surface area contributed by atoms with E-state index in [4.69, 9.17) is 4.74 Å². The Morgan fingerprint density at radius 2 is 1.76 bits per heavy atom. The third-order valence-electron chi connectivity index (χ3n) is 3.54. The van der Waals surface area contributed by atoms with Gasteiger partial charge in [0.15, 0.2) is 0 Å². The van der Waals surface area contributed by atoms with Gasteiger partial charge in [0.05, 0.1) is 15.2 Å². The van der Waals surface area contributed by atoms with Crippen molar-refractivity contribution in [1.82, 2.24) is 4.98 Å². The van der Waals surface area contributed by atoms with Crippen LogP contribution in [0.4, 0.5) is 0 Å². The van der Waals surface area contributed by atoms with E-state index in [-0.39, 0.29) is 0 Å². The minimum atomic E-state index is -1.33. The molecular formula is C18H23NOSi. The summed E-state index contributed by atoms with van der Waals surface area (Å²) in [6.07, 6.45) is 6.34. The molecule has 2 aromatic rings. The van der Waals surface area contributed by atoms with Gasteiger partial charge in [0.2, 0.25) is 5.88 Å². The number of hydrogen-bond donors (Lipinski definition) is 0. The molecule has 0 aliphatic rings. The number of allylic oxidation sites excluding steroid dienone is 1. The van der Waals surface area contributed by atoms with Gasteiger partial charge < -0.3 is 4.74 Å². The molecule has 1 atom stereocenters. The van der Waals surface area contributed by atoms with E-state index in [2.05, 4.69) is 67.1 Å². The minimum absolute atomic E-state index is 0.501. The SMILES string of the molecule is COc1ccc(/C=C/C(c2ccccc2)[Si](C)(C)C)cn1. The van der Waals surface area contributed by atoms with Gasteiger partial charge in [0.1, 0.15) is 0 Å². The average Bonchev–Trinajstić information content (AvgIpc) is 2.48. The van der Waals surface area contributed by atoms with E-state index < -0.39 is 8.07 Å². The lowest BCUT2D eigenvalue weighted by Gasteiger charge is -2.26. The van der Waals surface area contributed by atoms with E-state index in [1.54, 1.807) is 7.11 Å². The lowest BCUT2D eigenvalue weighted by atomic mass is 10.1. The lowest BCUT2D eigenvalue weighted by molar-refractivity contribution is 0.398. The number of benzene rings is 1. The molecule has 0 saturated carbocycles. The van der Waals surface area contributed by atoms with Gasteiger partial charge in [0.25, 0.3) is 0 Å². The number of nitrogens with zero attached hydrogens (tertiary/aromatic N) is 1. The van der Waals surface area contributed by atoms with Crippen LogP contribution < -0.4 is 4.74 Å². The molecule has 0 amide bonds. The summed E-state index contributed by atoms with van der Waals surface area (Å²) >= 11 is 0. The summed E-state index contributed by atoms with van der Waals surface area (Å²) in [5.74, 6) is 0.650. The standard InChI is InChI=1S/C18H23NOSi/c1-20-18-13-11-15(14-19-18)10-12-17(21(2,3)4)16-8-6-5-7-9-16/h5-14,17H,1-4H3/b12-10+. The van der Waals surface area contributed by atoms with Crippen LogP contribution in [0.3, 0.4) is 0 Å². The van der Waals surface area contributed by atoms with Crippen LogP contribution in [0.1, 0.15) is 16.7 Å². The molecule has 1 heterocycles. The molecule has 0 N–H and O–H groups in total. The molecule has 1 aromatic carbocycles.